The number of Topliss-reactive ketones (excluding diaryl/α,β-unsaturated/α-hetero) is 2. The lowest BCUT2D eigenvalue weighted by molar-refractivity contribution is -0.122. The normalized spacial score (nSPS) is 24.5. The molecule has 0 aromatic heterocycles. The van der Waals surface area contributed by atoms with Crippen molar-refractivity contribution in [3.8, 4) is 11.5 Å². The Morgan fingerprint density at radius 3 is 2.55 bits per heavy atom. The maximum absolute atomic E-state index is 14.7. The Bertz CT molecular complexity index is 1550. The molecule has 3 aromatic rings. The van der Waals surface area contributed by atoms with E-state index in [0.717, 1.165) is 0 Å². The smallest absolute Gasteiger partial charge is 0.238 e. The minimum Gasteiger partial charge on any atom is -0.497 e. The van der Waals surface area contributed by atoms with Gasteiger partial charge in [0.2, 0.25) is 5.91 Å². The fraction of sp³-hybridized carbons (Fsp3) is 0.233. The molecule has 0 unspecified atom stereocenters. The van der Waals surface area contributed by atoms with Crippen LogP contribution in [0.3, 0.4) is 0 Å². The number of nitrogens with one attached hydrogen (secondary N) is 1. The molecule has 3 aliphatic rings. The van der Waals surface area contributed by atoms with Crippen LogP contribution in [0.25, 0.3) is 6.08 Å². The van der Waals surface area contributed by atoms with Crippen molar-refractivity contribution in [2.75, 3.05) is 24.4 Å². The third-order valence-corrected chi connectivity index (χ3v) is 7.97. The van der Waals surface area contributed by atoms with Crippen LogP contribution in [0.5, 0.6) is 11.5 Å². The molecule has 3 aliphatic heterocycles. The highest BCUT2D eigenvalue weighted by atomic mass is 19.1. The molecular weight excluding hydrogens is 487 g/mol. The minimum absolute atomic E-state index is 0.211. The number of para-hydroxylation sites is 1. The summed E-state index contributed by atoms with van der Waals surface area (Å²) in [5.74, 6) is -1.85. The first-order valence-corrected chi connectivity index (χ1v) is 12.3. The second-order valence-corrected chi connectivity index (χ2v) is 9.75. The van der Waals surface area contributed by atoms with Crippen LogP contribution in [0.2, 0.25) is 0 Å². The highest BCUT2D eigenvalue weighted by molar-refractivity contribution is 6.17. The van der Waals surface area contributed by atoms with Crippen molar-refractivity contribution in [3.05, 3.63) is 89.2 Å². The molecule has 7 nitrogen and oxygen atoms in total. The zero-order valence-electron chi connectivity index (χ0n) is 21.0. The van der Waals surface area contributed by atoms with Gasteiger partial charge in [-0.15, -0.1) is 0 Å². The second-order valence-electron chi connectivity index (χ2n) is 9.75. The number of amides is 1. The van der Waals surface area contributed by atoms with Crippen LogP contribution in [0.4, 0.5) is 15.8 Å². The van der Waals surface area contributed by atoms with Crippen molar-refractivity contribution >= 4 is 34.9 Å². The standard InChI is InChI=1S/C30H25FN2O5/c1-16(34)27-26(28(35)20-15-19(37-2)10-12-24(20)38-3)30(21-6-4-5-7-22(21)32-29(30)36)25-13-8-17-14-18(31)9-11-23(17)33(25)27/h4-15,25-27H,1-3H3,(H,32,36)/t25-,26+,27+,30+/m1/s1. The second kappa shape index (κ2) is 8.55. The Kier molecular flexibility index (Phi) is 5.38. The summed E-state index contributed by atoms with van der Waals surface area (Å²) in [5.41, 5.74) is 1.17. The molecule has 1 amide bonds. The van der Waals surface area contributed by atoms with E-state index in [1.807, 2.05) is 23.1 Å². The first-order chi connectivity index (χ1) is 18.3. The molecular formula is C30H25FN2O5. The van der Waals surface area contributed by atoms with Crippen LogP contribution in [-0.2, 0) is 15.0 Å². The lowest BCUT2D eigenvalue weighted by Crippen LogP contribution is -2.51. The van der Waals surface area contributed by atoms with E-state index in [0.29, 0.717) is 34.0 Å². The maximum atomic E-state index is 14.7. The van der Waals surface area contributed by atoms with Gasteiger partial charge in [0, 0.05) is 16.9 Å². The summed E-state index contributed by atoms with van der Waals surface area (Å²) in [4.78, 5) is 44.1. The minimum atomic E-state index is -1.43. The molecule has 0 saturated carbocycles. The van der Waals surface area contributed by atoms with Gasteiger partial charge in [-0.25, -0.2) is 4.39 Å². The molecule has 0 bridgehead atoms. The predicted octanol–water partition coefficient (Wildman–Crippen LogP) is 4.41. The number of ether oxygens (including phenoxy) is 2. The van der Waals surface area contributed by atoms with Crippen molar-refractivity contribution in [2.45, 2.75) is 24.4 Å². The number of ketones is 2. The summed E-state index contributed by atoms with van der Waals surface area (Å²) in [6.45, 7) is 1.42. The van der Waals surface area contributed by atoms with Crippen molar-refractivity contribution in [1.82, 2.24) is 0 Å². The summed E-state index contributed by atoms with van der Waals surface area (Å²) in [7, 11) is 2.95. The van der Waals surface area contributed by atoms with Gasteiger partial charge >= 0.3 is 0 Å². The van der Waals surface area contributed by atoms with E-state index in [1.54, 1.807) is 42.5 Å². The first kappa shape index (κ1) is 23.9. The maximum Gasteiger partial charge on any atom is 0.238 e. The number of benzene rings is 3. The van der Waals surface area contributed by atoms with E-state index in [9.17, 15) is 18.8 Å². The van der Waals surface area contributed by atoms with Crippen LogP contribution >= 0.6 is 0 Å². The quantitative estimate of drug-likeness (QED) is 0.510. The van der Waals surface area contributed by atoms with E-state index >= 15 is 0 Å². The molecule has 38 heavy (non-hydrogen) atoms. The van der Waals surface area contributed by atoms with Crippen LogP contribution in [-0.4, -0.2) is 43.8 Å². The van der Waals surface area contributed by atoms with Crippen molar-refractivity contribution in [3.63, 3.8) is 0 Å². The third kappa shape index (κ3) is 3.09. The first-order valence-electron chi connectivity index (χ1n) is 12.3. The number of methoxy groups -OCH3 is 2. The largest absolute Gasteiger partial charge is 0.497 e. The number of carbonyl (C=O) groups excluding carboxylic acids is 3. The summed E-state index contributed by atoms with van der Waals surface area (Å²) in [5, 5.41) is 2.96. The number of carbonyl (C=O) groups is 3. The van der Waals surface area contributed by atoms with Crippen LogP contribution in [0.15, 0.2) is 66.7 Å². The van der Waals surface area contributed by atoms with Crippen molar-refractivity contribution < 1.29 is 28.2 Å². The molecule has 4 atom stereocenters. The monoisotopic (exact) mass is 512 g/mol. The van der Waals surface area contributed by atoms with Gasteiger partial charge in [-0.3, -0.25) is 14.4 Å². The number of fused-ring (bicyclic) bond motifs is 6. The van der Waals surface area contributed by atoms with E-state index in [1.165, 1.54) is 33.3 Å². The highest BCUT2D eigenvalue weighted by Crippen LogP contribution is 2.58. The lowest BCUT2D eigenvalue weighted by Gasteiger charge is -2.37. The van der Waals surface area contributed by atoms with Crippen LogP contribution < -0.4 is 19.7 Å². The van der Waals surface area contributed by atoms with Gasteiger partial charge in [0.05, 0.1) is 37.8 Å². The fourth-order valence-corrected chi connectivity index (χ4v) is 6.48. The van der Waals surface area contributed by atoms with Crippen molar-refractivity contribution in [2.24, 2.45) is 5.92 Å². The number of nitrogens with zero attached hydrogens (tertiary/aromatic N) is 1. The number of anilines is 2. The molecule has 1 fully saturated rings. The summed E-state index contributed by atoms with van der Waals surface area (Å²) in [6.07, 6.45) is 3.56. The molecule has 0 radical (unpaired) electrons. The Labute approximate surface area is 218 Å². The van der Waals surface area contributed by atoms with Gasteiger partial charge in [-0.05, 0) is 55.0 Å². The van der Waals surface area contributed by atoms with E-state index in [-0.39, 0.29) is 17.3 Å². The molecule has 3 heterocycles. The molecule has 0 aliphatic carbocycles. The number of hydrogen-bond donors (Lipinski definition) is 1. The topological polar surface area (TPSA) is 84.9 Å². The van der Waals surface area contributed by atoms with Crippen molar-refractivity contribution in [1.29, 1.82) is 0 Å². The Hall–Kier alpha value is -4.46. The number of halogens is 1. The van der Waals surface area contributed by atoms with Crippen LogP contribution in [0.1, 0.15) is 28.4 Å². The summed E-state index contributed by atoms with van der Waals surface area (Å²) < 4.78 is 25.1. The zero-order valence-corrected chi connectivity index (χ0v) is 21.0. The molecule has 8 heteroatoms. The molecule has 192 valence electrons. The SMILES string of the molecule is COc1ccc(OC)c(C(=O)[C@@H]2[C@H](C(C)=O)N3c4ccc(F)cc4C=C[C@@H]3[C@]23C(=O)Nc2ccccc23)c1. The lowest BCUT2D eigenvalue weighted by atomic mass is 9.64. The fourth-order valence-electron chi connectivity index (χ4n) is 6.48. The number of hydrogen-bond acceptors (Lipinski definition) is 6. The zero-order chi connectivity index (χ0) is 26.8. The summed E-state index contributed by atoms with van der Waals surface area (Å²) in [6, 6.07) is 14.7. The number of rotatable bonds is 5. The molecule has 1 N–H and O–H groups in total. The average Bonchev–Trinajstić information content (AvgIpc) is 3.40. The molecule has 6 rings (SSSR count). The van der Waals surface area contributed by atoms with Gasteiger partial charge in [-0.1, -0.05) is 30.4 Å². The Balaban J connectivity index is 1.66. The van der Waals surface area contributed by atoms with Gasteiger partial charge in [0.15, 0.2) is 11.6 Å². The van der Waals surface area contributed by atoms with E-state index < -0.39 is 35.0 Å². The Morgan fingerprint density at radius 1 is 1.03 bits per heavy atom. The van der Waals surface area contributed by atoms with Gasteiger partial charge < -0.3 is 19.7 Å². The molecule has 1 saturated heterocycles. The summed E-state index contributed by atoms with van der Waals surface area (Å²) >= 11 is 0. The van der Waals surface area contributed by atoms with Crippen LogP contribution in [0, 0.1) is 11.7 Å². The van der Waals surface area contributed by atoms with Gasteiger partial charge in [0.1, 0.15) is 22.7 Å². The van der Waals surface area contributed by atoms with Gasteiger partial charge in [0.25, 0.3) is 0 Å². The van der Waals surface area contributed by atoms with Gasteiger partial charge in [-0.2, -0.15) is 0 Å². The molecule has 3 aromatic carbocycles. The predicted molar refractivity (Wildman–Crippen MR) is 140 cm³/mol. The highest BCUT2D eigenvalue weighted by Gasteiger charge is 2.70. The Morgan fingerprint density at radius 2 is 1.82 bits per heavy atom. The van der Waals surface area contributed by atoms with E-state index in [2.05, 4.69) is 5.32 Å². The third-order valence-electron chi connectivity index (χ3n) is 7.97. The molecule has 1 spiro atoms. The van der Waals surface area contributed by atoms with E-state index in [4.69, 9.17) is 9.47 Å². The average molecular weight is 513 g/mol.